The summed E-state index contributed by atoms with van der Waals surface area (Å²) in [7, 11) is -3.79. The van der Waals surface area contributed by atoms with Crippen molar-refractivity contribution in [1.29, 1.82) is 0 Å². The Bertz CT molecular complexity index is 755. The van der Waals surface area contributed by atoms with Crippen LogP contribution in [0.15, 0.2) is 47.4 Å². The number of hydrogen-bond donors (Lipinski definition) is 1. The molecule has 0 saturated carbocycles. The fourth-order valence-electron chi connectivity index (χ4n) is 2.13. The minimum atomic E-state index is -3.79. The topological polar surface area (TPSA) is 46.2 Å². The van der Waals surface area contributed by atoms with Crippen LogP contribution >= 0.6 is 0 Å². The van der Waals surface area contributed by atoms with Gasteiger partial charge >= 0.3 is 0 Å². The molecule has 0 amide bonds. The monoisotopic (exact) mass is 321 g/mol. The second-order valence-corrected chi connectivity index (χ2v) is 7.15. The van der Waals surface area contributed by atoms with E-state index < -0.39 is 15.8 Å². The zero-order valence-electron chi connectivity index (χ0n) is 12.9. The summed E-state index contributed by atoms with van der Waals surface area (Å²) in [6.07, 6.45) is 0.985. The predicted octanol–water partition coefficient (Wildman–Crippen LogP) is 4.45. The van der Waals surface area contributed by atoms with Crippen LogP contribution in [0.4, 0.5) is 10.1 Å². The molecule has 2 rings (SSSR count). The van der Waals surface area contributed by atoms with Gasteiger partial charge in [-0.15, -0.1) is 0 Å². The lowest BCUT2D eigenvalue weighted by Gasteiger charge is -2.12. The number of hydrogen-bond acceptors (Lipinski definition) is 2. The van der Waals surface area contributed by atoms with Crippen molar-refractivity contribution in [2.75, 3.05) is 4.72 Å². The lowest BCUT2D eigenvalue weighted by Crippen LogP contribution is -2.14. The number of benzene rings is 2. The van der Waals surface area contributed by atoms with Gasteiger partial charge in [0.15, 0.2) is 0 Å². The Labute approximate surface area is 131 Å². The molecule has 0 aliphatic rings. The molecule has 0 spiro atoms. The highest BCUT2D eigenvalue weighted by Crippen LogP contribution is 2.23. The minimum absolute atomic E-state index is 0.0361. The summed E-state index contributed by atoms with van der Waals surface area (Å²) in [6, 6.07) is 11.0. The lowest BCUT2D eigenvalue weighted by atomic mass is 9.99. The van der Waals surface area contributed by atoms with Crippen LogP contribution in [-0.4, -0.2) is 8.42 Å². The molecule has 0 fully saturated rings. The van der Waals surface area contributed by atoms with Gasteiger partial charge in [0.2, 0.25) is 0 Å². The van der Waals surface area contributed by atoms with Crippen LogP contribution in [0.2, 0.25) is 0 Å². The van der Waals surface area contributed by atoms with E-state index in [0.29, 0.717) is 5.92 Å². The van der Waals surface area contributed by atoms with Crippen LogP contribution in [0, 0.1) is 12.7 Å². The van der Waals surface area contributed by atoms with Crippen molar-refractivity contribution in [2.45, 2.75) is 38.0 Å². The standard InChI is InChI=1S/C17H20FNO2S/c1-4-13(3)14-6-8-15(9-7-14)22(20,21)19-17-11-12(2)5-10-16(17)18/h5-11,13,19H,4H2,1-3H3/t13-/m0/s1. The summed E-state index contributed by atoms with van der Waals surface area (Å²) in [6.45, 7) is 5.94. The van der Waals surface area contributed by atoms with Gasteiger partial charge in [-0.05, 0) is 54.7 Å². The molecule has 0 aromatic heterocycles. The minimum Gasteiger partial charge on any atom is -0.277 e. The normalized spacial score (nSPS) is 12.9. The van der Waals surface area contributed by atoms with E-state index in [4.69, 9.17) is 0 Å². The maximum absolute atomic E-state index is 13.7. The molecule has 0 bridgehead atoms. The summed E-state index contributed by atoms with van der Waals surface area (Å²) >= 11 is 0. The third-order valence-corrected chi connectivity index (χ3v) is 5.12. The fraction of sp³-hybridized carbons (Fsp3) is 0.294. The van der Waals surface area contributed by atoms with Crippen molar-refractivity contribution in [1.82, 2.24) is 0 Å². The summed E-state index contributed by atoms with van der Waals surface area (Å²) in [4.78, 5) is 0.125. The zero-order chi connectivity index (χ0) is 16.3. The Morgan fingerprint density at radius 1 is 1.14 bits per heavy atom. The molecule has 22 heavy (non-hydrogen) atoms. The highest BCUT2D eigenvalue weighted by Gasteiger charge is 2.16. The average molecular weight is 321 g/mol. The molecule has 2 aromatic carbocycles. The molecular weight excluding hydrogens is 301 g/mol. The SMILES string of the molecule is CC[C@H](C)c1ccc(S(=O)(=O)Nc2cc(C)ccc2F)cc1. The Hall–Kier alpha value is -1.88. The summed E-state index contributed by atoms with van der Waals surface area (Å²) in [5, 5.41) is 0. The molecule has 0 aliphatic carbocycles. The molecule has 0 radical (unpaired) electrons. The molecule has 0 heterocycles. The van der Waals surface area contributed by atoms with Crippen molar-refractivity contribution >= 4 is 15.7 Å². The second kappa shape index (κ2) is 6.48. The van der Waals surface area contributed by atoms with Gasteiger partial charge in [-0.2, -0.15) is 0 Å². The van der Waals surface area contributed by atoms with E-state index in [-0.39, 0.29) is 10.6 Å². The van der Waals surface area contributed by atoms with Gasteiger partial charge in [0.25, 0.3) is 10.0 Å². The van der Waals surface area contributed by atoms with E-state index in [0.717, 1.165) is 17.5 Å². The molecule has 2 aromatic rings. The Balaban J connectivity index is 2.28. The van der Waals surface area contributed by atoms with Crippen molar-refractivity contribution in [3.63, 3.8) is 0 Å². The van der Waals surface area contributed by atoms with Crippen LogP contribution in [-0.2, 0) is 10.0 Å². The van der Waals surface area contributed by atoms with Crippen molar-refractivity contribution in [3.8, 4) is 0 Å². The molecule has 0 unspecified atom stereocenters. The van der Waals surface area contributed by atoms with Crippen LogP contribution in [0.3, 0.4) is 0 Å². The van der Waals surface area contributed by atoms with Gasteiger partial charge < -0.3 is 0 Å². The Kier molecular flexibility index (Phi) is 4.86. The molecule has 1 atom stereocenters. The first kappa shape index (κ1) is 16.5. The highest BCUT2D eigenvalue weighted by atomic mass is 32.2. The van der Waals surface area contributed by atoms with Gasteiger partial charge in [0.05, 0.1) is 10.6 Å². The van der Waals surface area contributed by atoms with Gasteiger partial charge in [0, 0.05) is 0 Å². The number of aryl methyl sites for hydroxylation is 1. The van der Waals surface area contributed by atoms with Crippen molar-refractivity contribution in [3.05, 3.63) is 59.4 Å². The second-order valence-electron chi connectivity index (χ2n) is 5.47. The number of nitrogens with one attached hydrogen (secondary N) is 1. The smallest absolute Gasteiger partial charge is 0.261 e. The average Bonchev–Trinajstić information content (AvgIpc) is 2.50. The maximum Gasteiger partial charge on any atom is 0.261 e. The van der Waals surface area contributed by atoms with Crippen LogP contribution < -0.4 is 4.72 Å². The van der Waals surface area contributed by atoms with Gasteiger partial charge in [-0.25, -0.2) is 12.8 Å². The largest absolute Gasteiger partial charge is 0.277 e. The van der Waals surface area contributed by atoms with E-state index in [1.165, 1.54) is 12.1 Å². The van der Waals surface area contributed by atoms with Crippen LogP contribution in [0.1, 0.15) is 37.3 Å². The first-order valence-electron chi connectivity index (χ1n) is 7.22. The maximum atomic E-state index is 13.7. The molecule has 0 aliphatic heterocycles. The number of rotatable bonds is 5. The Morgan fingerprint density at radius 2 is 1.77 bits per heavy atom. The van der Waals surface area contributed by atoms with E-state index >= 15 is 0 Å². The van der Waals surface area contributed by atoms with Crippen LogP contribution in [0.5, 0.6) is 0 Å². The summed E-state index contributed by atoms with van der Waals surface area (Å²) < 4.78 is 40.7. The third-order valence-electron chi connectivity index (χ3n) is 3.74. The predicted molar refractivity (Wildman–Crippen MR) is 87.1 cm³/mol. The van der Waals surface area contributed by atoms with E-state index in [1.807, 2.05) is 0 Å². The molecule has 3 nitrogen and oxygen atoms in total. The molecule has 0 saturated heterocycles. The molecule has 118 valence electrons. The quantitative estimate of drug-likeness (QED) is 0.884. The first-order chi connectivity index (χ1) is 10.3. The number of anilines is 1. The molecule has 1 N–H and O–H groups in total. The van der Waals surface area contributed by atoms with Crippen molar-refractivity contribution in [2.24, 2.45) is 0 Å². The van der Waals surface area contributed by atoms with Gasteiger partial charge in [-0.3, -0.25) is 4.72 Å². The van der Waals surface area contributed by atoms with Gasteiger partial charge in [0.1, 0.15) is 5.82 Å². The molecule has 5 heteroatoms. The molecular formula is C17H20FNO2S. The summed E-state index contributed by atoms with van der Waals surface area (Å²) in [5.41, 5.74) is 1.83. The van der Waals surface area contributed by atoms with E-state index in [1.54, 1.807) is 37.3 Å². The Morgan fingerprint density at radius 3 is 2.36 bits per heavy atom. The van der Waals surface area contributed by atoms with Gasteiger partial charge in [-0.1, -0.05) is 32.0 Å². The van der Waals surface area contributed by atoms with E-state index in [9.17, 15) is 12.8 Å². The van der Waals surface area contributed by atoms with Crippen LogP contribution in [0.25, 0.3) is 0 Å². The van der Waals surface area contributed by atoms with E-state index in [2.05, 4.69) is 18.6 Å². The zero-order valence-corrected chi connectivity index (χ0v) is 13.7. The number of halogens is 1. The lowest BCUT2D eigenvalue weighted by molar-refractivity contribution is 0.598. The third kappa shape index (κ3) is 3.65. The number of sulfonamides is 1. The fourth-order valence-corrected chi connectivity index (χ4v) is 3.19. The van der Waals surface area contributed by atoms with Crippen molar-refractivity contribution < 1.29 is 12.8 Å². The first-order valence-corrected chi connectivity index (χ1v) is 8.70. The summed E-state index contributed by atoms with van der Waals surface area (Å²) in [5.74, 6) is -0.218. The highest BCUT2D eigenvalue weighted by molar-refractivity contribution is 7.92.